The summed E-state index contributed by atoms with van der Waals surface area (Å²) in [4.78, 5) is 0. The first-order chi connectivity index (χ1) is 13.1. The molecule has 2 rings (SSSR count). The largest absolute Gasteiger partial charge is 0.493 e. The highest BCUT2D eigenvalue weighted by molar-refractivity contribution is 5.63. The van der Waals surface area contributed by atoms with Crippen molar-refractivity contribution in [2.45, 2.75) is 71.0 Å². The summed E-state index contributed by atoms with van der Waals surface area (Å²) in [6.07, 6.45) is 1.81. The van der Waals surface area contributed by atoms with Gasteiger partial charge in [-0.05, 0) is 44.5 Å². The number of hydrogen-bond donors (Lipinski definition) is 2. The van der Waals surface area contributed by atoms with Crippen molar-refractivity contribution < 1.29 is 17.9 Å². The van der Waals surface area contributed by atoms with E-state index in [0.717, 1.165) is 38.2 Å². The zero-order valence-corrected chi connectivity index (χ0v) is 16.8. The molecule has 28 heavy (non-hydrogen) atoms. The topological polar surface area (TPSA) is 63.9 Å². The van der Waals surface area contributed by atoms with Gasteiger partial charge in [0.2, 0.25) is 0 Å². The van der Waals surface area contributed by atoms with Gasteiger partial charge in [-0.2, -0.15) is 18.3 Å². The van der Waals surface area contributed by atoms with Gasteiger partial charge in [-0.1, -0.05) is 39.0 Å². The molecule has 1 heterocycles. The van der Waals surface area contributed by atoms with Gasteiger partial charge in [0.25, 0.3) is 0 Å². The van der Waals surface area contributed by atoms with E-state index in [4.69, 9.17) is 10.5 Å². The number of unbranched alkanes of at least 4 members (excludes halogenated alkanes) is 5. The number of rotatable bonds is 10. The van der Waals surface area contributed by atoms with Crippen molar-refractivity contribution in [3.63, 3.8) is 0 Å². The molecule has 1 aromatic heterocycles. The molecule has 0 saturated heterocycles. The number of halogens is 3. The Hall–Kier alpha value is -2.02. The summed E-state index contributed by atoms with van der Waals surface area (Å²) in [6.45, 7) is 6.02. The zero-order valence-electron chi connectivity index (χ0n) is 16.8. The van der Waals surface area contributed by atoms with Gasteiger partial charge in [0, 0.05) is 5.56 Å². The van der Waals surface area contributed by atoms with Gasteiger partial charge in [-0.25, -0.2) is 0 Å². The zero-order chi connectivity index (χ0) is 20.8. The molecule has 2 aromatic rings. The highest BCUT2D eigenvalue weighted by atomic mass is 19.4. The number of nitrogens with one attached hydrogen (secondary N) is 1. The third kappa shape index (κ3) is 6.26. The van der Waals surface area contributed by atoms with Crippen LogP contribution in [0.15, 0.2) is 24.3 Å². The second-order valence-electron chi connectivity index (χ2n) is 7.71. The quantitative estimate of drug-likeness (QED) is 0.481. The van der Waals surface area contributed by atoms with E-state index in [2.05, 4.69) is 17.1 Å². The van der Waals surface area contributed by atoms with Crippen LogP contribution >= 0.6 is 0 Å². The van der Waals surface area contributed by atoms with Crippen LogP contribution in [0.5, 0.6) is 5.75 Å². The number of nitrogens with two attached hydrogens (primary N) is 1. The Morgan fingerprint density at radius 1 is 1.04 bits per heavy atom. The molecular weight excluding hydrogens is 367 g/mol. The molecule has 7 heteroatoms. The van der Waals surface area contributed by atoms with E-state index in [1.54, 1.807) is 26.0 Å². The lowest BCUT2D eigenvalue weighted by atomic mass is 10.0. The van der Waals surface area contributed by atoms with E-state index >= 15 is 0 Å². The van der Waals surface area contributed by atoms with Crippen LogP contribution < -0.4 is 10.5 Å². The van der Waals surface area contributed by atoms with E-state index in [9.17, 15) is 13.2 Å². The molecule has 0 aliphatic carbocycles. The molecule has 0 unspecified atom stereocenters. The van der Waals surface area contributed by atoms with Gasteiger partial charge in [0.05, 0.1) is 29.1 Å². The number of ether oxygens (including phenoxy) is 1. The fourth-order valence-electron chi connectivity index (χ4n) is 2.90. The number of nitrogens with zero attached hydrogens (tertiary/aromatic N) is 1. The van der Waals surface area contributed by atoms with E-state index in [-0.39, 0.29) is 12.4 Å². The molecule has 0 atom stereocenters. The normalized spacial score (nSPS) is 12.4. The van der Waals surface area contributed by atoms with Crippen molar-refractivity contribution in [2.24, 2.45) is 5.73 Å². The fourth-order valence-corrected chi connectivity index (χ4v) is 2.90. The number of alkyl halides is 3. The van der Waals surface area contributed by atoms with Crippen LogP contribution in [0.3, 0.4) is 0 Å². The molecule has 0 bridgehead atoms. The Morgan fingerprint density at radius 3 is 2.32 bits per heavy atom. The molecule has 0 saturated carbocycles. The first-order valence-electron chi connectivity index (χ1n) is 9.82. The Labute approximate surface area is 164 Å². The highest BCUT2D eigenvalue weighted by Gasteiger charge is 2.35. The van der Waals surface area contributed by atoms with Gasteiger partial charge in [0.1, 0.15) is 5.75 Å². The minimum Gasteiger partial charge on any atom is -0.493 e. The Bertz CT molecular complexity index is 748. The summed E-state index contributed by atoms with van der Waals surface area (Å²) in [5, 5.41) is 6.90. The highest BCUT2D eigenvalue weighted by Crippen LogP contribution is 2.39. The van der Waals surface area contributed by atoms with Crippen LogP contribution in [0.2, 0.25) is 0 Å². The number of aromatic nitrogens is 2. The van der Waals surface area contributed by atoms with Gasteiger partial charge in [0.15, 0.2) is 0 Å². The predicted octanol–water partition coefficient (Wildman–Crippen LogP) is 6.03. The van der Waals surface area contributed by atoms with Crippen molar-refractivity contribution in [1.29, 1.82) is 0 Å². The minimum absolute atomic E-state index is 0.139. The van der Waals surface area contributed by atoms with Gasteiger partial charge in [-0.15, -0.1) is 0 Å². The summed E-state index contributed by atoms with van der Waals surface area (Å²) in [5.74, 6) is -0.139. The summed E-state index contributed by atoms with van der Waals surface area (Å²) >= 11 is 0. The van der Waals surface area contributed by atoms with E-state index < -0.39 is 17.3 Å². The summed E-state index contributed by atoms with van der Waals surface area (Å²) in [7, 11) is 0. The van der Waals surface area contributed by atoms with Crippen LogP contribution in [0.1, 0.15) is 70.6 Å². The average Bonchev–Trinajstić information content (AvgIpc) is 3.11. The van der Waals surface area contributed by atoms with E-state index in [0.29, 0.717) is 17.0 Å². The molecule has 4 nitrogen and oxygen atoms in total. The molecule has 3 N–H and O–H groups in total. The van der Waals surface area contributed by atoms with Crippen molar-refractivity contribution in [3.8, 4) is 17.0 Å². The lowest BCUT2D eigenvalue weighted by Gasteiger charge is -2.15. The van der Waals surface area contributed by atoms with Gasteiger partial charge < -0.3 is 10.5 Å². The van der Waals surface area contributed by atoms with E-state index in [1.807, 2.05) is 0 Å². The number of aromatic amines is 1. The van der Waals surface area contributed by atoms with Crippen molar-refractivity contribution >= 4 is 0 Å². The van der Waals surface area contributed by atoms with Crippen LogP contribution in [0, 0.1) is 0 Å². The molecule has 0 amide bonds. The van der Waals surface area contributed by atoms with Crippen molar-refractivity contribution in [2.75, 3.05) is 6.61 Å². The maximum atomic E-state index is 13.5. The smallest absolute Gasteiger partial charge is 0.419 e. The van der Waals surface area contributed by atoms with Crippen molar-refractivity contribution in [3.05, 3.63) is 35.5 Å². The first kappa shape index (κ1) is 22.3. The third-order valence-corrected chi connectivity index (χ3v) is 4.61. The molecule has 1 aromatic carbocycles. The molecule has 156 valence electrons. The summed E-state index contributed by atoms with van der Waals surface area (Å²) in [6, 6.07) is 5.72. The maximum absolute atomic E-state index is 13.5. The molecule has 0 aliphatic heterocycles. The van der Waals surface area contributed by atoms with Crippen LogP contribution in [-0.2, 0) is 11.7 Å². The summed E-state index contributed by atoms with van der Waals surface area (Å²) < 4.78 is 46.0. The monoisotopic (exact) mass is 397 g/mol. The fraction of sp³-hybridized carbons (Fsp3) is 0.571. The predicted molar refractivity (Wildman–Crippen MR) is 105 cm³/mol. The molecule has 0 radical (unpaired) electrons. The third-order valence-electron chi connectivity index (χ3n) is 4.61. The number of benzene rings is 1. The summed E-state index contributed by atoms with van der Waals surface area (Å²) in [5.41, 5.74) is 6.00. The lowest BCUT2D eigenvalue weighted by Crippen LogP contribution is -2.29. The Balaban J connectivity index is 2.10. The van der Waals surface area contributed by atoms with Crippen LogP contribution in [-0.4, -0.2) is 16.8 Å². The van der Waals surface area contributed by atoms with Gasteiger partial charge in [-0.3, -0.25) is 5.10 Å². The number of hydrogen-bond acceptors (Lipinski definition) is 3. The average molecular weight is 397 g/mol. The number of H-pyrrole nitrogens is 1. The SMILES string of the molecule is CCCCCCCCOc1ccc(-c2cc(C(C)(C)N)[nH]n2)cc1C(F)(F)F. The lowest BCUT2D eigenvalue weighted by molar-refractivity contribution is -0.138. The molecular formula is C21H30F3N3O. The first-order valence-corrected chi connectivity index (χ1v) is 9.82. The van der Waals surface area contributed by atoms with Gasteiger partial charge >= 0.3 is 6.18 Å². The maximum Gasteiger partial charge on any atom is 0.419 e. The Morgan fingerprint density at radius 2 is 1.71 bits per heavy atom. The second-order valence-corrected chi connectivity index (χ2v) is 7.71. The molecule has 0 fully saturated rings. The molecule has 0 spiro atoms. The van der Waals surface area contributed by atoms with Crippen LogP contribution in [0.25, 0.3) is 11.3 Å². The van der Waals surface area contributed by atoms with Crippen LogP contribution in [0.4, 0.5) is 13.2 Å². The second kappa shape index (κ2) is 9.45. The standard InChI is InChI=1S/C21H30F3N3O/c1-4-5-6-7-8-9-12-28-18-11-10-15(13-16(18)21(22,23)24)17-14-19(27-26-17)20(2,3)25/h10-11,13-14H,4-9,12,25H2,1-3H3,(H,26,27). The van der Waals surface area contributed by atoms with Crippen molar-refractivity contribution in [1.82, 2.24) is 10.2 Å². The minimum atomic E-state index is -4.50. The van der Waals surface area contributed by atoms with E-state index in [1.165, 1.54) is 12.5 Å². The Kier molecular flexibility index (Phi) is 7.52. The molecule has 0 aliphatic rings.